The molecule has 21 heavy (non-hydrogen) atoms. The molecule has 2 rings (SSSR count). The molecule has 0 unspecified atom stereocenters. The molecule has 1 saturated heterocycles. The van der Waals surface area contributed by atoms with Crippen LogP contribution in [0, 0.1) is 5.41 Å². The second-order valence-corrected chi connectivity index (χ2v) is 6.67. The van der Waals surface area contributed by atoms with Crippen LogP contribution in [0.15, 0.2) is 18.7 Å². The highest BCUT2D eigenvalue weighted by atomic mass is 16.5. The fourth-order valence-corrected chi connectivity index (χ4v) is 2.36. The van der Waals surface area contributed by atoms with E-state index in [1.54, 1.807) is 12.5 Å². The predicted molar refractivity (Wildman–Crippen MR) is 81.0 cm³/mol. The molecular weight excluding hydrogens is 268 g/mol. The number of aromatic nitrogens is 2. The smallest absolute Gasteiger partial charge is 0.315 e. The van der Waals surface area contributed by atoms with Crippen molar-refractivity contribution >= 4 is 6.03 Å². The summed E-state index contributed by atoms with van der Waals surface area (Å²) in [5.41, 5.74) is -0.0362. The Morgan fingerprint density at radius 1 is 1.52 bits per heavy atom. The van der Waals surface area contributed by atoms with Crippen LogP contribution in [-0.2, 0) is 11.3 Å². The van der Waals surface area contributed by atoms with E-state index in [2.05, 4.69) is 36.4 Å². The highest BCUT2D eigenvalue weighted by molar-refractivity contribution is 5.74. The number of ether oxygens (including phenoxy) is 1. The van der Waals surface area contributed by atoms with E-state index in [0.29, 0.717) is 13.1 Å². The summed E-state index contributed by atoms with van der Waals surface area (Å²) < 4.78 is 7.49. The molecule has 6 heteroatoms. The molecule has 0 aliphatic carbocycles. The Hall–Kier alpha value is -1.56. The second-order valence-electron chi connectivity index (χ2n) is 6.67. The van der Waals surface area contributed by atoms with Crippen molar-refractivity contribution in [2.24, 2.45) is 5.41 Å². The first-order valence-electron chi connectivity index (χ1n) is 7.57. The summed E-state index contributed by atoms with van der Waals surface area (Å²) in [7, 11) is 0. The number of amides is 2. The molecular formula is C15H26N4O2. The van der Waals surface area contributed by atoms with Crippen LogP contribution in [0.3, 0.4) is 0 Å². The van der Waals surface area contributed by atoms with Gasteiger partial charge in [0.05, 0.1) is 18.5 Å². The fourth-order valence-electron chi connectivity index (χ4n) is 2.36. The van der Waals surface area contributed by atoms with Crippen molar-refractivity contribution < 1.29 is 9.53 Å². The third-order valence-electron chi connectivity index (χ3n) is 3.82. The van der Waals surface area contributed by atoms with Gasteiger partial charge in [-0.15, -0.1) is 0 Å². The Morgan fingerprint density at radius 2 is 2.33 bits per heavy atom. The monoisotopic (exact) mass is 294 g/mol. The van der Waals surface area contributed by atoms with Gasteiger partial charge in [0, 0.05) is 32.1 Å². The summed E-state index contributed by atoms with van der Waals surface area (Å²) in [4.78, 5) is 16.1. The maximum atomic E-state index is 12.1. The molecule has 1 aliphatic rings. The van der Waals surface area contributed by atoms with Gasteiger partial charge >= 0.3 is 6.03 Å². The van der Waals surface area contributed by atoms with E-state index >= 15 is 0 Å². The maximum absolute atomic E-state index is 12.1. The van der Waals surface area contributed by atoms with Crippen LogP contribution >= 0.6 is 0 Å². The Bertz CT molecular complexity index is 433. The van der Waals surface area contributed by atoms with Gasteiger partial charge in [0.2, 0.25) is 0 Å². The third-order valence-corrected chi connectivity index (χ3v) is 3.82. The fraction of sp³-hybridized carbons (Fsp3) is 0.733. The topological polar surface area (TPSA) is 68.2 Å². The Kier molecular flexibility index (Phi) is 5.22. The van der Waals surface area contributed by atoms with Crippen molar-refractivity contribution in [2.75, 3.05) is 13.2 Å². The summed E-state index contributed by atoms with van der Waals surface area (Å²) in [6.45, 7) is 8.45. The minimum atomic E-state index is -0.134. The number of hydrogen-bond donors (Lipinski definition) is 2. The first-order chi connectivity index (χ1) is 9.95. The zero-order valence-corrected chi connectivity index (χ0v) is 13.1. The third kappa shape index (κ3) is 5.04. The lowest BCUT2D eigenvalue weighted by atomic mass is 9.86. The maximum Gasteiger partial charge on any atom is 0.315 e. The van der Waals surface area contributed by atoms with Gasteiger partial charge in [-0.05, 0) is 18.3 Å². The van der Waals surface area contributed by atoms with Crippen molar-refractivity contribution in [1.29, 1.82) is 0 Å². The van der Waals surface area contributed by atoms with Crippen LogP contribution in [0.1, 0.15) is 33.6 Å². The zero-order valence-electron chi connectivity index (χ0n) is 13.1. The van der Waals surface area contributed by atoms with Gasteiger partial charge in [0.15, 0.2) is 0 Å². The molecule has 0 aromatic carbocycles. The average Bonchev–Trinajstić information content (AvgIpc) is 3.07. The van der Waals surface area contributed by atoms with E-state index in [0.717, 1.165) is 19.4 Å². The van der Waals surface area contributed by atoms with Crippen molar-refractivity contribution in [3.8, 4) is 0 Å². The van der Waals surface area contributed by atoms with Gasteiger partial charge < -0.3 is 19.9 Å². The number of carbonyl (C=O) groups is 1. The number of nitrogens with one attached hydrogen (secondary N) is 2. The standard InChI is InChI=1S/C15H26N4O2/c1-15(2,3)13(10-19-7-6-16-11-19)18-14(20)17-9-12-5-4-8-21-12/h6-7,11-13H,4-5,8-10H2,1-3H3,(H2,17,18,20)/t12-,13+/m1/s1. The van der Waals surface area contributed by atoms with E-state index in [9.17, 15) is 4.79 Å². The molecule has 118 valence electrons. The Labute approximate surface area is 126 Å². The van der Waals surface area contributed by atoms with Crippen LogP contribution in [0.2, 0.25) is 0 Å². The lowest BCUT2D eigenvalue weighted by molar-refractivity contribution is 0.110. The molecule has 2 amide bonds. The lowest BCUT2D eigenvalue weighted by Gasteiger charge is -2.32. The molecule has 2 atom stereocenters. The van der Waals surface area contributed by atoms with Gasteiger partial charge in [-0.2, -0.15) is 0 Å². The Balaban J connectivity index is 1.84. The van der Waals surface area contributed by atoms with Crippen LogP contribution in [-0.4, -0.2) is 40.9 Å². The molecule has 1 fully saturated rings. The molecule has 0 saturated carbocycles. The van der Waals surface area contributed by atoms with Gasteiger partial charge in [0.25, 0.3) is 0 Å². The molecule has 0 bridgehead atoms. The summed E-state index contributed by atoms with van der Waals surface area (Å²) in [5.74, 6) is 0. The van der Waals surface area contributed by atoms with Gasteiger partial charge in [-0.3, -0.25) is 0 Å². The minimum Gasteiger partial charge on any atom is -0.376 e. The van der Waals surface area contributed by atoms with Crippen molar-refractivity contribution in [1.82, 2.24) is 20.2 Å². The second kappa shape index (κ2) is 6.93. The lowest BCUT2D eigenvalue weighted by Crippen LogP contribution is -2.51. The number of rotatable bonds is 5. The number of carbonyl (C=O) groups excluding carboxylic acids is 1. The summed E-state index contributed by atoms with van der Waals surface area (Å²) >= 11 is 0. The quantitative estimate of drug-likeness (QED) is 0.869. The van der Waals surface area contributed by atoms with Crippen molar-refractivity contribution in [2.45, 2.75) is 52.3 Å². The van der Waals surface area contributed by atoms with Crippen LogP contribution in [0.25, 0.3) is 0 Å². The minimum absolute atomic E-state index is 0.0243. The first-order valence-corrected chi connectivity index (χ1v) is 7.57. The number of hydrogen-bond acceptors (Lipinski definition) is 3. The molecule has 1 aliphatic heterocycles. The molecule has 1 aromatic rings. The molecule has 0 spiro atoms. The highest BCUT2D eigenvalue weighted by Gasteiger charge is 2.27. The highest BCUT2D eigenvalue weighted by Crippen LogP contribution is 2.20. The number of urea groups is 1. The average molecular weight is 294 g/mol. The van der Waals surface area contributed by atoms with Crippen molar-refractivity contribution in [3.63, 3.8) is 0 Å². The molecule has 0 radical (unpaired) electrons. The molecule has 2 heterocycles. The molecule has 1 aromatic heterocycles. The van der Waals surface area contributed by atoms with E-state index in [4.69, 9.17) is 4.74 Å². The molecule has 6 nitrogen and oxygen atoms in total. The Morgan fingerprint density at radius 3 is 2.90 bits per heavy atom. The van der Waals surface area contributed by atoms with E-state index < -0.39 is 0 Å². The normalized spacial score (nSPS) is 20.2. The summed E-state index contributed by atoms with van der Waals surface area (Å²) in [6, 6.07) is -0.110. The SMILES string of the molecule is CC(C)(C)[C@H](Cn1ccnc1)NC(=O)NC[C@H]1CCCO1. The van der Waals surface area contributed by atoms with Crippen LogP contribution in [0.4, 0.5) is 4.79 Å². The van der Waals surface area contributed by atoms with Gasteiger partial charge in [-0.25, -0.2) is 9.78 Å². The zero-order chi connectivity index (χ0) is 15.3. The van der Waals surface area contributed by atoms with Gasteiger partial charge in [0.1, 0.15) is 0 Å². The van der Waals surface area contributed by atoms with Gasteiger partial charge in [-0.1, -0.05) is 20.8 Å². The number of nitrogens with zero attached hydrogens (tertiary/aromatic N) is 2. The summed E-state index contributed by atoms with van der Waals surface area (Å²) in [6.07, 6.45) is 7.70. The largest absolute Gasteiger partial charge is 0.376 e. The van der Waals surface area contributed by atoms with E-state index in [1.807, 2.05) is 10.8 Å². The van der Waals surface area contributed by atoms with Crippen LogP contribution < -0.4 is 10.6 Å². The first kappa shape index (κ1) is 15.8. The van der Waals surface area contributed by atoms with E-state index in [1.165, 1.54) is 0 Å². The predicted octanol–water partition coefficient (Wildman–Crippen LogP) is 1.78. The number of imidazole rings is 1. The summed E-state index contributed by atoms with van der Waals surface area (Å²) in [5, 5.41) is 5.97. The van der Waals surface area contributed by atoms with E-state index in [-0.39, 0.29) is 23.6 Å². The van der Waals surface area contributed by atoms with Crippen molar-refractivity contribution in [3.05, 3.63) is 18.7 Å². The van der Waals surface area contributed by atoms with Crippen LogP contribution in [0.5, 0.6) is 0 Å². The molecule has 2 N–H and O–H groups in total.